The minimum atomic E-state index is -0.501. The van der Waals surface area contributed by atoms with Gasteiger partial charge in [-0.3, -0.25) is 15.1 Å². The van der Waals surface area contributed by atoms with Gasteiger partial charge in [0, 0.05) is 30.2 Å². The number of anilines is 1. The monoisotopic (exact) mass is 367 g/mol. The summed E-state index contributed by atoms with van der Waals surface area (Å²) in [4.78, 5) is 30.1. The number of hydrogen-bond donors (Lipinski definition) is 1. The largest absolute Gasteiger partial charge is 0.448 e. The third-order valence-corrected chi connectivity index (χ3v) is 4.08. The highest BCUT2D eigenvalue weighted by Crippen LogP contribution is 2.12. The van der Waals surface area contributed by atoms with Crippen molar-refractivity contribution < 1.29 is 14.3 Å². The summed E-state index contributed by atoms with van der Waals surface area (Å²) in [7, 11) is 0. The van der Waals surface area contributed by atoms with Crippen LogP contribution >= 0.6 is 0 Å². The quantitative estimate of drug-likeness (QED) is 0.538. The Morgan fingerprint density at radius 2 is 1.74 bits per heavy atom. The molecule has 0 fully saturated rings. The standard InChI is InChI=1S/C21H25N3O3/c1-3-24(4-2)15-16-27-21(26)23-19-8-6-18(7-9-19)20(25)10-5-17-11-13-22-14-12-17/h5-14H,3-4,15-16H2,1-2H3,(H,23,26)/b10-5-. The SMILES string of the molecule is CCN(CC)CCOC(=O)Nc1ccc(C(=O)/C=C\c2ccncc2)cc1. The number of ether oxygens (including phenoxy) is 1. The molecule has 1 aromatic carbocycles. The Hall–Kier alpha value is -2.99. The second-order valence-electron chi connectivity index (χ2n) is 5.84. The maximum atomic E-state index is 12.2. The molecule has 0 spiro atoms. The Labute approximate surface area is 159 Å². The number of nitrogens with one attached hydrogen (secondary N) is 1. The molecule has 1 aromatic heterocycles. The highest BCUT2D eigenvalue weighted by molar-refractivity contribution is 6.07. The third kappa shape index (κ3) is 7.03. The zero-order chi connectivity index (χ0) is 19.5. The van der Waals surface area contributed by atoms with E-state index in [0.29, 0.717) is 24.4 Å². The van der Waals surface area contributed by atoms with Crippen LogP contribution in [0.2, 0.25) is 0 Å². The van der Waals surface area contributed by atoms with Crippen molar-refractivity contribution in [3.05, 3.63) is 66.0 Å². The van der Waals surface area contributed by atoms with E-state index in [1.165, 1.54) is 6.08 Å². The van der Waals surface area contributed by atoms with Crippen molar-refractivity contribution in [2.24, 2.45) is 0 Å². The smallest absolute Gasteiger partial charge is 0.411 e. The van der Waals surface area contributed by atoms with E-state index in [0.717, 1.165) is 18.7 Å². The van der Waals surface area contributed by atoms with Gasteiger partial charge < -0.3 is 9.64 Å². The summed E-state index contributed by atoms with van der Waals surface area (Å²) in [6.45, 7) is 7.03. The summed E-state index contributed by atoms with van der Waals surface area (Å²) in [5.74, 6) is -0.111. The maximum absolute atomic E-state index is 12.2. The molecule has 6 nitrogen and oxygen atoms in total. The van der Waals surface area contributed by atoms with Crippen LogP contribution in [-0.2, 0) is 4.74 Å². The molecule has 0 saturated heterocycles. The summed E-state index contributed by atoms with van der Waals surface area (Å²) in [6, 6.07) is 10.3. The number of carbonyl (C=O) groups excluding carboxylic acids is 2. The van der Waals surface area contributed by atoms with Crippen molar-refractivity contribution >= 4 is 23.6 Å². The zero-order valence-corrected chi connectivity index (χ0v) is 15.7. The first-order chi connectivity index (χ1) is 13.1. The molecular formula is C21H25N3O3. The normalized spacial score (nSPS) is 10.9. The molecule has 0 unspecified atom stereocenters. The van der Waals surface area contributed by atoms with Crippen molar-refractivity contribution in [3.63, 3.8) is 0 Å². The number of ketones is 1. The lowest BCUT2D eigenvalue weighted by atomic mass is 10.1. The van der Waals surface area contributed by atoms with Crippen molar-refractivity contribution in [3.8, 4) is 0 Å². The summed E-state index contributed by atoms with van der Waals surface area (Å²) < 4.78 is 5.17. The van der Waals surface area contributed by atoms with Crippen LogP contribution < -0.4 is 5.32 Å². The van der Waals surface area contributed by atoms with E-state index < -0.39 is 6.09 Å². The van der Waals surface area contributed by atoms with Crippen LogP contribution in [0.5, 0.6) is 0 Å². The van der Waals surface area contributed by atoms with Crippen LogP contribution in [0.25, 0.3) is 6.08 Å². The molecule has 0 atom stereocenters. The molecule has 0 radical (unpaired) electrons. The van der Waals surface area contributed by atoms with Gasteiger partial charge in [0.2, 0.25) is 0 Å². The van der Waals surface area contributed by atoms with Crippen molar-refractivity contribution in [1.29, 1.82) is 0 Å². The van der Waals surface area contributed by atoms with Crippen molar-refractivity contribution in [1.82, 2.24) is 9.88 Å². The maximum Gasteiger partial charge on any atom is 0.411 e. The Balaban J connectivity index is 1.83. The Morgan fingerprint density at radius 1 is 1.07 bits per heavy atom. The predicted molar refractivity (Wildman–Crippen MR) is 107 cm³/mol. The van der Waals surface area contributed by atoms with Gasteiger partial charge in [0.15, 0.2) is 5.78 Å². The van der Waals surface area contributed by atoms with Crippen LogP contribution in [0, 0.1) is 0 Å². The molecule has 27 heavy (non-hydrogen) atoms. The molecular weight excluding hydrogens is 342 g/mol. The summed E-state index contributed by atoms with van der Waals surface area (Å²) in [5.41, 5.74) is 2.03. The van der Waals surface area contributed by atoms with E-state index in [4.69, 9.17) is 4.74 Å². The molecule has 6 heteroatoms. The number of aromatic nitrogens is 1. The van der Waals surface area contributed by atoms with Crippen molar-refractivity contribution in [2.75, 3.05) is 31.6 Å². The van der Waals surface area contributed by atoms with E-state index in [2.05, 4.69) is 29.0 Å². The van der Waals surface area contributed by atoms with E-state index in [1.54, 1.807) is 42.7 Å². The average molecular weight is 367 g/mol. The lowest BCUT2D eigenvalue weighted by Crippen LogP contribution is -2.28. The lowest BCUT2D eigenvalue weighted by molar-refractivity contribution is 0.104. The van der Waals surface area contributed by atoms with Crippen molar-refractivity contribution in [2.45, 2.75) is 13.8 Å². The number of likely N-dealkylation sites (N-methyl/N-ethyl adjacent to an activating group) is 1. The van der Waals surface area contributed by atoms with E-state index in [9.17, 15) is 9.59 Å². The molecule has 0 bridgehead atoms. The molecule has 0 saturated carbocycles. The van der Waals surface area contributed by atoms with Crippen LogP contribution in [0.3, 0.4) is 0 Å². The summed E-state index contributed by atoms with van der Waals surface area (Å²) in [5, 5.41) is 2.66. The molecule has 0 aliphatic carbocycles. The number of nitrogens with zero attached hydrogens (tertiary/aromatic N) is 2. The highest BCUT2D eigenvalue weighted by Gasteiger charge is 2.06. The van der Waals surface area contributed by atoms with Gasteiger partial charge in [0.05, 0.1) is 0 Å². The number of carbonyl (C=O) groups is 2. The molecule has 2 aromatic rings. The topological polar surface area (TPSA) is 71.5 Å². The molecule has 0 aliphatic rings. The number of rotatable bonds is 9. The van der Waals surface area contributed by atoms with Crippen LogP contribution in [0.1, 0.15) is 29.8 Å². The van der Waals surface area contributed by atoms with E-state index in [-0.39, 0.29) is 5.78 Å². The van der Waals surface area contributed by atoms with Gasteiger partial charge in [-0.25, -0.2) is 4.79 Å². The van der Waals surface area contributed by atoms with Gasteiger partial charge in [-0.05, 0) is 61.1 Å². The minimum absolute atomic E-state index is 0.111. The van der Waals surface area contributed by atoms with Crippen LogP contribution in [0.15, 0.2) is 54.9 Å². The first-order valence-electron chi connectivity index (χ1n) is 9.01. The lowest BCUT2D eigenvalue weighted by Gasteiger charge is -2.17. The number of amides is 1. The third-order valence-electron chi connectivity index (χ3n) is 4.08. The van der Waals surface area contributed by atoms with Crippen LogP contribution in [0.4, 0.5) is 10.5 Å². The Kier molecular flexibility index (Phi) is 8.19. The first-order valence-corrected chi connectivity index (χ1v) is 9.01. The fourth-order valence-electron chi connectivity index (χ4n) is 2.42. The van der Waals surface area contributed by atoms with E-state index in [1.807, 2.05) is 12.1 Å². The predicted octanol–water partition coefficient (Wildman–Crippen LogP) is 3.87. The van der Waals surface area contributed by atoms with Crippen LogP contribution in [-0.4, -0.2) is 48.0 Å². The summed E-state index contributed by atoms with van der Waals surface area (Å²) in [6.07, 6.45) is 6.10. The molecule has 0 aliphatic heterocycles. The van der Waals surface area contributed by atoms with Gasteiger partial charge in [-0.15, -0.1) is 0 Å². The molecule has 1 heterocycles. The molecule has 142 valence electrons. The molecule has 1 amide bonds. The van der Waals surface area contributed by atoms with Gasteiger partial charge in [-0.1, -0.05) is 19.9 Å². The molecule has 2 rings (SSSR count). The van der Waals surface area contributed by atoms with Gasteiger partial charge in [0.1, 0.15) is 6.61 Å². The van der Waals surface area contributed by atoms with Gasteiger partial charge >= 0.3 is 6.09 Å². The average Bonchev–Trinajstić information content (AvgIpc) is 2.71. The van der Waals surface area contributed by atoms with Gasteiger partial charge in [-0.2, -0.15) is 0 Å². The highest BCUT2D eigenvalue weighted by atomic mass is 16.5. The van der Waals surface area contributed by atoms with E-state index >= 15 is 0 Å². The fraction of sp³-hybridized carbons (Fsp3) is 0.286. The Morgan fingerprint density at radius 3 is 2.37 bits per heavy atom. The van der Waals surface area contributed by atoms with Gasteiger partial charge in [0.25, 0.3) is 0 Å². The Bertz CT molecular complexity index is 754. The second kappa shape index (κ2) is 10.9. The second-order valence-corrected chi connectivity index (χ2v) is 5.84. The fourth-order valence-corrected chi connectivity index (χ4v) is 2.42. The summed E-state index contributed by atoms with van der Waals surface area (Å²) >= 11 is 0. The number of allylic oxidation sites excluding steroid dienone is 1. The number of hydrogen-bond acceptors (Lipinski definition) is 5. The zero-order valence-electron chi connectivity index (χ0n) is 15.7. The minimum Gasteiger partial charge on any atom is -0.448 e. The first kappa shape index (κ1) is 20.3. The number of benzene rings is 1. The number of pyridine rings is 1. The molecule has 1 N–H and O–H groups in total.